The molecule has 9 aromatic rings. The van der Waals surface area contributed by atoms with E-state index in [1.165, 1.54) is 86.4 Å². The van der Waals surface area contributed by atoms with Gasteiger partial charge in [-0.3, -0.25) is 0 Å². The van der Waals surface area contributed by atoms with Gasteiger partial charge < -0.3 is 0 Å². The Morgan fingerprint density at radius 1 is 0.432 bits per heavy atom. The van der Waals surface area contributed by atoms with Gasteiger partial charge in [0.2, 0.25) is 0 Å². The molecule has 9 aromatic carbocycles. The normalized spacial score (nSPS) is 12.4. The van der Waals surface area contributed by atoms with E-state index in [-0.39, 0.29) is 0 Å². The summed E-state index contributed by atoms with van der Waals surface area (Å²) in [6.45, 7) is 2.25. The summed E-state index contributed by atoms with van der Waals surface area (Å²) < 4.78 is 0. The van der Waals surface area contributed by atoms with Crippen molar-refractivity contribution in [2.24, 2.45) is 0 Å². The SMILES string of the molecule is Cc1c2cc3c(cc2cc2c4cccc5cc(C#N)cc(c12)c54)c1cc2ccccc2c2cccc3c21. The van der Waals surface area contributed by atoms with E-state index in [0.29, 0.717) is 0 Å². The van der Waals surface area contributed by atoms with Crippen molar-refractivity contribution in [3.05, 3.63) is 108 Å². The molecule has 168 valence electrons. The van der Waals surface area contributed by atoms with Crippen LogP contribution in [0.4, 0.5) is 0 Å². The first-order valence-corrected chi connectivity index (χ1v) is 12.8. The fourth-order valence-corrected chi connectivity index (χ4v) is 7.14. The van der Waals surface area contributed by atoms with E-state index in [9.17, 15) is 5.26 Å². The second-order valence-electron chi connectivity index (χ2n) is 10.5. The van der Waals surface area contributed by atoms with Gasteiger partial charge in [0, 0.05) is 0 Å². The molecule has 0 spiro atoms. The molecule has 0 aliphatic rings. The summed E-state index contributed by atoms with van der Waals surface area (Å²) in [7, 11) is 0. The van der Waals surface area contributed by atoms with Crippen molar-refractivity contribution in [2.75, 3.05) is 0 Å². The fourth-order valence-electron chi connectivity index (χ4n) is 7.14. The molecule has 9 rings (SSSR count). The van der Waals surface area contributed by atoms with Gasteiger partial charge in [0.1, 0.15) is 0 Å². The molecular weight excluding hydrogens is 446 g/mol. The lowest BCUT2D eigenvalue weighted by Gasteiger charge is -2.07. The molecule has 0 aromatic heterocycles. The number of nitrogens with zero attached hydrogens (tertiary/aromatic N) is 1. The third-order valence-corrected chi connectivity index (χ3v) is 8.67. The van der Waals surface area contributed by atoms with Crippen molar-refractivity contribution in [3.8, 4) is 6.07 Å². The zero-order valence-electron chi connectivity index (χ0n) is 20.2. The monoisotopic (exact) mass is 465 g/mol. The van der Waals surface area contributed by atoms with Crippen LogP contribution in [0.15, 0.2) is 97.1 Å². The van der Waals surface area contributed by atoms with Crippen LogP contribution < -0.4 is 0 Å². The maximum Gasteiger partial charge on any atom is 0.0992 e. The average molecular weight is 466 g/mol. The Hall–Kier alpha value is -4.93. The van der Waals surface area contributed by atoms with Crippen molar-refractivity contribution in [2.45, 2.75) is 6.92 Å². The average Bonchev–Trinajstić information content (AvgIpc) is 3.42. The minimum Gasteiger partial charge on any atom is -0.192 e. The Morgan fingerprint density at radius 3 is 1.92 bits per heavy atom. The molecule has 0 radical (unpaired) electrons. The summed E-state index contributed by atoms with van der Waals surface area (Å²) in [5.41, 5.74) is 2.01. The third-order valence-electron chi connectivity index (χ3n) is 8.67. The van der Waals surface area contributed by atoms with Crippen LogP contribution in [0.2, 0.25) is 0 Å². The van der Waals surface area contributed by atoms with Crippen LogP contribution in [-0.2, 0) is 0 Å². The number of fused-ring (bicyclic) bond motifs is 9. The molecule has 0 bridgehead atoms. The second kappa shape index (κ2) is 6.44. The molecule has 0 saturated heterocycles. The molecule has 0 N–H and O–H groups in total. The van der Waals surface area contributed by atoms with Crippen LogP contribution in [0.5, 0.6) is 0 Å². The molecule has 1 nitrogen and oxygen atoms in total. The van der Waals surface area contributed by atoms with Crippen molar-refractivity contribution >= 4 is 86.2 Å². The number of rotatable bonds is 0. The summed E-state index contributed by atoms with van der Waals surface area (Å²) in [6.07, 6.45) is 0. The minimum atomic E-state index is 0.718. The maximum atomic E-state index is 9.71. The second-order valence-corrected chi connectivity index (χ2v) is 10.5. The summed E-state index contributed by atoms with van der Waals surface area (Å²) in [4.78, 5) is 0. The van der Waals surface area contributed by atoms with Gasteiger partial charge >= 0.3 is 0 Å². The summed E-state index contributed by atoms with van der Waals surface area (Å²) in [5, 5.41) is 30.3. The highest BCUT2D eigenvalue weighted by Crippen LogP contribution is 2.46. The quantitative estimate of drug-likeness (QED) is 0.204. The Morgan fingerprint density at radius 2 is 1.05 bits per heavy atom. The highest BCUT2D eigenvalue weighted by Gasteiger charge is 2.19. The Bertz CT molecular complexity index is 2470. The molecule has 0 fully saturated rings. The van der Waals surface area contributed by atoms with Gasteiger partial charge in [-0.25, -0.2) is 0 Å². The predicted molar refractivity (Wildman–Crippen MR) is 158 cm³/mol. The van der Waals surface area contributed by atoms with Crippen LogP contribution in [-0.4, -0.2) is 0 Å². The molecule has 0 aliphatic carbocycles. The number of benzene rings is 7. The van der Waals surface area contributed by atoms with Crippen molar-refractivity contribution in [3.63, 3.8) is 0 Å². The summed E-state index contributed by atoms with van der Waals surface area (Å²) in [6, 6.07) is 38.0. The fraction of sp³-hybridized carbons (Fsp3) is 0.0278. The van der Waals surface area contributed by atoms with E-state index >= 15 is 0 Å². The highest BCUT2D eigenvalue weighted by molar-refractivity contribution is 6.37. The molecule has 0 aliphatic heterocycles. The number of aryl methyl sites for hydroxylation is 1. The van der Waals surface area contributed by atoms with Crippen molar-refractivity contribution in [1.82, 2.24) is 0 Å². The lowest BCUT2D eigenvalue weighted by molar-refractivity contribution is 1.50. The molecule has 0 atom stereocenters. The number of nitriles is 1. The number of hydrogen-bond donors (Lipinski definition) is 0. The first kappa shape index (κ1) is 19.3. The van der Waals surface area contributed by atoms with Gasteiger partial charge in [-0.05, 0) is 135 Å². The zero-order valence-corrected chi connectivity index (χ0v) is 20.2. The lowest BCUT2D eigenvalue weighted by Crippen LogP contribution is -1.82. The third kappa shape index (κ3) is 2.25. The standard InChI is InChI=1S/C36H19N/c1-19-28-17-30-26-11-5-10-25-24-8-3-2-6-21(24)14-32(36(25)26)29(30)15-23(28)16-31-27-9-4-7-22-12-20(18-37)13-33(34(19)31)35(22)27/h2-17H,1H3. The van der Waals surface area contributed by atoms with Gasteiger partial charge in [-0.15, -0.1) is 0 Å². The van der Waals surface area contributed by atoms with E-state index in [1.54, 1.807) is 0 Å². The Kier molecular flexibility index (Phi) is 3.35. The summed E-state index contributed by atoms with van der Waals surface area (Å²) >= 11 is 0. The van der Waals surface area contributed by atoms with Gasteiger partial charge in [-0.1, -0.05) is 60.7 Å². The van der Waals surface area contributed by atoms with E-state index in [1.807, 2.05) is 6.07 Å². The van der Waals surface area contributed by atoms with Crippen molar-refractivity contribution in [1.29, 1.82) is 5.26 Å². The van der Waals surface area contributed by atoms with Gasteiger partial charge in [-0.2, -0.15) is 5.26 Å². The van der Waals surface area contributed by atoms with Crippen LogP contribution in [0.25, 0.3) is 86.2 Å². The smallest absolute Gasteiger partial charge is 0.0992 e. The van der Waals surface area contributed by atoms with Crippen LogP contribution >= 0.6 is 0 Å². The van der Waals surface area contributed by atoms with E-state index in [2.05, 4.69) is 104 Å². The molecule has 0 amide bonds. The topological polar surface area (TPSA) is 23.8 Å². The maximum absolute atomic E-state index is 9.71. The molecular formula is C36H19N. The van der Waals surface area contributed by atoms with E-state index in [0.717, 1.165) is 10.9 Å². The highest BCUT2D eigenvalue weighted by atomic mass is 14.3. The van der Waals surface area contributed by atoms with E-state index < -0.39 is 0 Å². The lowest BCUT2D eigenvalue weighted by atomic mass is 9.96. The molecule has 0 saturated carbocycles. The first-order valence-electron chi connectivity index (χ1n) is 12.8. The van der Waals surface area contributed by atoms with E-state index in [4.69, 9.17) is 0 Å². The zero-order chi connectivity index (χ0) is 24.4. The molecule has 0 heterocycles. The molecule has 0 unspecified atom stereocenters. The minimum absolute atomic E-state index is 0.718. The first-order chi connectivity index (χ1) is 18.2. The van der Waals surface area contributed by atoms with Gasteiger partial charge in [0.15, 0.2) is 0 Å². The Labute approximate surface area is 212 Å². The van der Waals surface area contributed by atoms with Crippen LogP contribution in [0.3, 0.4) is 0 Å². The predicted octanol–water partition coefficient (Wildman–Crippen LogP) is 9.97. The van der Waals surface area contributed by atoms with Crippen LogP contribution in [0, 0.1) is 18.3 Å². The summed E-state index contributed by atoms with van der Waals surface area (Å²) in [5.74, 6) is 0. The van der Waals surface area contributed by atoms with Crippen molar-refractivity contribution < 1.29 is 0 Å². The molecule has 37 heavy (non-hydrogen) atoms. The van der Waals surface area contributed by atoms with Gasteiger partial charge in [0.25, 0.3) is 0 Å². The van der Waals surface area contributed by atoms with Gasteiger partial charge in [0.05, 0.1) is 11.6 Å². The Balaban J connectivity index is 1.52. The molecule has 1 heteroatoms. The number of hydrogen-bond acceptors (Lipinski definition) is 1. The largest absolute Gasteiger partial charge is 0.192 e. The van der Waals surface area contributed by atoms with Crippen LogP contribution in [0.1, 0.15) is 11.1 Å².